The van der Waals surface area contributed by atoms with Crippen molar-refractivity contribution in [2.45, 2.75) is 58.3 Å². The van der Waals surface area contributed by atoms with Crippen molar-refractivity contribution in [3.8, 4) is 0 Å². The van der Waals surface area contributed by atoms with Gasteiger partial charge in [0.15, 0.2) is 0 Å². The molecule has 0 amide bonds. The topological polar surface area (TPSA) is 15.8 Å². The lowest BCUT2D eigenvalue weighted by Crippen LogP contribution is -1.99. The molecule has 0 bridgehead atoms. The van der Waals surface area contributed by atoms with Gasteiger partial charge in [-0.15, -0.1) is 0 Å². The zero-order chi connectivity index (χ0) is 9.80. The molecule has 1 aliphatic carbocycles. The Labute approximate surface area is 86.9 Å². The van der Waals surface area contributed by atoms with Gasteiger partial charge in [-0.3, -0.25) is 0 Å². The molecule has 2 rings (SSSR count). The standard InChI is InChI=1S/C13H21N/c1-2-3-4-8-12-10-11-7-5-6-9-13(11)14-12/h10,14H,2-9H2,1H3. The van der Waals surface area contributed by atoms with Gasteiger partial charge in [-0.1, -0.05) is 19.8 Å². The van der Waals surface area contributed by atoms with Gasteiger partial charge >= 0.3 is 0 Å². The highest BCUT2D eigenvalue weighted by atomic mass is 14.7. The third-order valence-corrected chi connectivity index (χ3v) is 3.22. The number of unbranched alkanes of at least 4 members (excludes halogenated alkanes) is 2. The maximum atomic E-state index is 3.59. The van der Waals surface area contributed by atoms with Crippen molar-refractivity contribution < 1.29 is 0 Å². The number of hydrogen-bond acceptors (Lipinski definition) is 0. The quantitative estimate of drug-likeness (QED) is 0.699. The van der Waals surface area contributed by atoms with Crippen molar-refractivity contribution in [2.24, 2.45) is 0 Å². The summed E-state index contributed by atoms with van der Waals surface area (Å²) in [6, 6.07) is 2.41. The Morgan fingerprint density at radius 1 is 1.21 bits per heavy atom. The molecule has 1 nitrogen and oxygen atoms in total. The average Bonchev–Trinajstić information content (AvgIpc) is 2.60. The third kappa shape index (κ3) is 2.20. The molecule has 1 heteroatoms. The van der Waals surface area contributed by atoms with E-state index in [1.807, 2.05) is 0 Å². The molecule has 1 aromatic rings. The molecule has 0 radical (unpaired) electrons. The lowest BCUT2D eigenvalue weighted by molar-refractivity contribution is 0.674. The van der Waals surface area contributed by atoms with E-state index in [0.717, 1.165) is 0 Å². The van der Waals surface area contributed by atoms with Crippen molar-refractivity contribution >= 4 is 0 Å². The molecular weight excluding hydrogens is 170 g/mol. The fourth-order valence-corrected chi connectivity index (χ4v) is 2.37. The van der Waals surface area contributed by atoms with Crippen LogP contribution in [0, 0.1) is 0 Å². The van der Waals surface area contributed by atoms with Gasteiger partial charge in [0.2, 0.25) is 0 Å². The molecule has 0 saturated carbocycles. The Balaban J connectivity index is 1.94. The summed E-state index contributed by atoms with van der Waals surface area (Å²) in [4.78, 5) is 3.59. The summed E-state index contributed by atoms with van der Waals surface area (Å²) >= 11 is 0. The van der Waals surface area contributed by atoms with E-state index in [0.29, 0.717) is 0 Å². The molecule has 0 saturated heterocycles. The zero-order valence-corrected chi connectivity index (χ0v) is 9.23. The smallest absolute Gasteiger partial charge is 0.0181 e. The minimum atomic E-state index is 1.25. The molecule has 0 atom stereocenters. The zero-order valence-electron chi connectivity index (χ0n) is 9.23. The predicted octanol–water partition coefficient (Wildman–Crippen LogP) is 3.63. The highest BCUT2D eigenvalue weighted by Crippen LogP contribution is 2.22. The predicted molar refractivity (Wildman–Crippen MR) is 60.7 cm³/mol. The molecule has 0 aromatic carbocycles. The van der Waals surface area contributed by atoms with E-state index < -0.39 is 0 Å². The Bertz CT molecular complexity index is 262. The molecule has 0 fully saturated rings. The number of aromatic nitrogens is 1. The first-order chi connectivity index (χ1) is 6.90. The third-order valence-electron chi connectivity index (χ3n) is 3.22. The molecule has 1 N–H and O–H groups in total. The Hall–Kier alpha value is -0.720. The van der Waals surface area contributed by atoms with Crippen LogP contribution in [0.4, 0.5) is 0 Å². The molecule has 14 heavy (non-hydrogen) atoms. The molecule has 0 unspecified atom stereocenters. The number of aryl methyl sites for hydroxylation is 3. The summed E-state index contributed by atoms with van der Waals surface area (Å²) in [5.74, 6) is 0. The van der Waals surface area contributed by atoms with Crippen LogP contribution in [0.25, 0.3) is 0 Å². The summed E-state index contributed by atoms with van der Waals surface area (Å²) in [6.45, 7) is 2.26. The van der Waals surface area contributed by atoms with Crippen molar-refractivity contribution in [3.63, 3.8) is 0 Å². The van der Waals surface area contributed by atoms with Crippen LogP contribution in [0.5, 0.6) is 0 Å². The van der Waals surface area contributed by atoms with Crippen molar-refractivity contribution in [2.75, 3.05) is 0 Å². The van der Waals surface area contributed by atoms with Crippen LogP contribution in [0.15, 0.2) is 6.07 Å². The normalized spacial score (nSPS) is 15.5. The van der Waals surface area contributed by atoms with Crippen LogP contribution in [0.2, 0.25) is 0 Å². The fourth-order valence-electron chi connectivity index (χ4n) is 2.37. The second-order valence-electron chi connectivity index (χ2n) is 4.46. The first kappa shape index (κ1) is 9.82. The maximum absolute atomic E-state index is 3.59. The number of H-pyrrole nitrogens is 1. The van der Waals surface area contributed by atoms with Gasteiger partial charge in [0.1, 0.15) is 0 Å². The van der Waals surface area contributed by atoms with Crippen molar-refractivity contribution in [1.82, 2.24) is 4.98 Å². The van der Waals surface area contributed by atoms with E-state index in [1.54, 1.807) is 5.56 Å². The fraction of sp³-hybridized carbons (Fsp3) is 0.692. The molecular formula is C13H21N. The van der Waals surface area contributed by atoms with Crippen LogP contribution >= 0.6 is 0 Å². The minimum Gasteiger partial charge on any atom is -0.362 e. The van der Waals surface area contributed by atoms with Gasteiger partial charge in [0.25, 0.3) is 0 Å². The van der Waals surface area contributed by atoms with Crippen LogP contribution in [-0.4, -0.2) is 4.98 Å². The van der Waals surface area contributed by atoms with Crippen molar-refractivity contribution in [3.05, 3.63) is 23.0 Å². The Morgan fingerprint density at radius 3 is 2.86 bits per heavy atom. The molecule has 78 valence electrons. The van der Waals surface area contributed by atoms with Gasteiger partial charge in [-0.25, -0.2) is 0 Å². The largest absolute Gasteiger partial charge is 0.362 e. The first-order valence-electron chi connectivity index (χ1n) is 6.10. The van der Waals surface area contributed by atoms with Gasteiger partial charge in [0, 0.05) is 11.4 Å². The van der Waals surface area contributed by atoms with E-state index in [1.165, 1.54) is 62.8 Å². The lowest BCUT2D eigenvalue weighted by Gasteiger charge is -2.09. The van der Waals surface area contributed by atoms with Crippen LogP contribution in [0.1, 0.15) is 56.0 Å². The average molecular weight is 191 g/mol. The highest BCUT2D eigenvalue weighted by molar-refractivity contribution is 5.28. The molecule has 1 aromatic heterocycles. The second kappa shape index (κ2) is 4.68. The molecule has 0 spiro atoms. The SMILES string of the molecule is CCCCCc1cc2c([nH]1)CCCC2. The monoisotopic (exact) mass is 191 g/mol. The van der Waals surface area contributed by atoms with Crippen molar-refractivity contribution in [1.29, 1.82) is 0 Å². The number of aromatic amines is 1. The summed E-state index contributed by atoms with van der Waals surface area (Å²) in [5, 5.41) is 0. The highest BCUT2D eigenvalue weighted by Gasteiger charge is 2.11. The maximum Gasteiger partial charge on any atom is 0.0181 e. The van der Waals surface area contributed by atoms with Gasteiger partial charge in [-0.2, -0.15) is 0 Å². The first-order valence-corrected chi connectivity index (χ1v) is 6.10. The molecule has 0 aliphatic heterocycles. The minimum absolute atomic E-state index is 1.25. The number of nitrogens with one attached hydrogen (secondary N) is 1. The van der Waals surface area contributed by atoms with E-state index in [-0.39, 0.29) is 0 Å². The summed E-state index contributed by atoms with van der Waals surface area (Å²) < 4.78 is 0. The van der Waals surface area contributed by atoms with Gasteiger partial charge in [0.05, 0.1) is 0 Å². The molecule has 1 heterocycles. The number of hydrogen-bond donors (Lipinski definition) is 1. The van der Waals surface area contributed by atoms with E-state index >= 15 is 0 Å². The van der Waals surface area contributed by atoms with Crippen LogP contribution < -0.4 is 0 Å². The number of rotatable bonds is 4. The Kier molecular flexibility index (Phi) is 3.28. The second-order valence-corrected chi connectivity index (χ2v) is 4.46. The van der Waals surface area contributed by atoms with E-state index in [9.17, 15) is 0 Å². The van der Waals surface area contributed by atoms with Gasteiger partial charge in [-0.05, 0) is 50.2 Å². The Morgan fingerprint density at radius 2 is 2.07 bits per heavy atom. The lowest BCUT2D eigenvalue weighted by atomic mass is 9.98. The van der Waals surface area contributed by atoms with E-state index in [2.05, 4.69) is 18.0 Å². The van der Waals surface area contributed by atoms with Crippen LogP contribution in [0.3, 0.4) is 0 Å². The van der Waals surface area contributed by atoms with Crippen LogP contribution in [-0.2, 0) is 19.3 Å². The van der Waals surface area contributed by atoms with Gasteiger partial charge < -0.3 is 4.98 Å². The summed E-state index contributed by atoms with van der Waals surface area (Å²) in [6.07, 6.45) is 10.6. The molecule has 1 aliphatic rings. The summed E-state index contributed by atoms with van der Waals surface area (Å²) in [5.41, 5.74) is 4.61. The summed E-state index contributed by atoms with van der Waals surface area (Å²) in [7, 11) is 0. The van der Waals surface area contributed by atoms with E-state index in [4.69, 9.17) is 0 Å². The number of fused-ring (bicyclic) bond motifs is 1.